The van der Waals surface area contributed by atoms with E-state index < -0.39 is 41.0 Å². The van der Waals surface area contributed by atoms with Gasteiger partial charge in [-0.3, -0.25) is 14.6 Å². The van der Waals surface area contributed by atoms with Gasteiger partial charge in [-0.1, -0.05) is 11.6 Å². The van der Waals surface area contributed by atoms with E-state index in [9.17, 15) is 22.8 Å². The summed E-state index contributed by atoms with van der Waals surface area (Å²) in [6, 6.07) is 6.84. The first kappa shape index (κ1) is 21.5. The number of rotatable bonds is 4. The lowest BCUT2D eigenvalue weighted by Crippen LogP contribution is -2.23. The Hall–Kier alpha value is -4.16. The number of aromatic amines is 2. The van der Waals surface area contributed by atoms with Crippen LogP contribution in [-0.2, 0) is 12.6 Å². The minimum atomic E-state index is -5.08. The number of H-pyrrole nitrogens is 2. The van der Waals surface area contributed by atoms with Crippen LogP contribution in [0.2, 0.25) is 5.02 Å². The number of alkyl halides is 3. The van der Waals surface area contributed by atoms with Crippen LogP contribution in [0.1, 0.15) is 28.5 Å². The fourth-order valence-electron chi connectivity index (χ4n) is 2.47. The van der Waals surface area contributed by atoms with E-state index in [1.165, 1.54) is 6.07 Å². The van der Waals surface area contributed by atoms with Gasteiger partial charge < -0.3 is 9.72 Å². The van der Waals surface area contributed by atoms with Crippen molar-refractivity contribution in [2.24, 2.45) is 0 Å². The number of hydrogen-bond acceptors (Lipinski definition) is 7. The molecule has 0 aliphatic carbocycles. The molecule has 13 heteroatoms. The molecule has 0 saturated carbocycles. The summed E-state index contributed by atoms with van der Waals surface area (Å²) >= 11 is 5.80. The first-order valence-electron chi connectivity index (χ1n) is 8.18. The largest absolute Gasteiger partial charge is 0.449 e. The van der Waals surface area contributed by atoms with Gasteiger partial charge in [0.05, 0.1) is 11.6 Å². The minimum Gasteiger partial charge on any atom is -0.449 e. The third kappa shape index (κ3) is 4.88. The van der Waals surface area contributed by atoms with Gasteiger partial charge in [-0.25, -0.2) is 9.97 Å². The first-order valence-corrected chi connectivity index (χ1v) is 8.55. The Labute approximate surface area is 175 Å². The van der Waals surface area contributed by atoms with Crippen LogP contribution in [0.25, 0.3) is 0 Å². The Bertz CT molecular complexity index is 1370. The molecule has 0 fully saturated rings. The molecule has 1 aromatic carbocycles. The van der Waals surface area contributed by atoms with Crippen LogP contribution in [0.5, 0.6) is 11.5 Å². The van der Waals surface area contributed by atoms with Crippen molar-refractivity contribution in [1.82, 2.24) is 19.9 Å². The zero-order chi connectivity index (χ0) is 22.8. The molecular formula is C18H8ClF3N6O3. The third-order valence-corrected chi connectivity index (χ3v) is 3.97. The van der Waals surface area contributed by atoms with Gasteiger partial charge in [0.25, 0.3) is 11.1 Å². The number of halogens is 4. The zero-order valence-corrected chi connectivity index (χ0v) is 15.8. The highest BCUT2D eigenvalue weighted by atomic mass is 35.5. The van der Waals surface area contributed by atoms with Gasteiger partial charge in [-0.2, -0.15) is 23.7 Å². The average Bonchev–Trinajstić information content (AvgIpc) is 2.70. The molecule has 31 heavy (non-hydrogen) atoms. The number of nitrogens with one attached hydrogen (secondary N) is 2. The SMILES string of the molecule is N#Cc1cc(Cl)cc(Oc2c(C(F)(F)F)nc(Cc3cnc(C#N)[nH]c3=O)[nH]c2=O)c1. The second-order valence-corrected chi connectivity index (χ2v) is 6.39. The van der Waals surface area contributed by atoms with E-state index in [1.54, 1.807) is 12.1 Å². The van der Waals surface area contributed by atoms with Gasteiger partial charge in [-0.15, -0.1) is 0 Å². The van der Waals surface area contributed by atoms with Crippen molar-refractivity contribution in [3.05, 3.63) is 78.6 Å². The van der Waals surface area contributed by atoms with E-state index in [2.05, 4.69) is 19.9 Å². The van der Waals surface area contributed by atoms with Crippen molar-refractivity contribution in [3.63, 3.8) is 0 Å². The summed E-state index contributed by atoms with van der Waals surface area (Å²) in [5.74, 6) is -2.20. The van der Waals surface area contributed by atoms with Gasteiger partial charge in [0.2, 0.25) is 11.6 Å². The lowest BCUT2D eigenvalue weighted by molar-refractivity contribution is -0.142. The highest BCUT2D eigenvalue weighted by Crippen LogP contribution is 2.35. The number of hydrogen-bond donors (Lipinski definition) is 2. The Kier molecular flexibility index (Phi) is 5.77. The molecule has 0 radical (unpaired) electrons. The standard InChI is InChI=1S/C18H8ClF3N6O3/c19-10-1-8(5-23)2-11(4-10)31-14-15(18(20,21)22)26-12(27-17(14)30)3-9-7-25-13(6-24)28-16(9)29/h1-2,4,7H,3H2,(H,25,28,29)(H,26,27,30). The molecule has 2 N–H and O–H groups in total. The maximum absolute atomic E-state index is 13.6. The Morgan fingerprint density at radius 1 is 1.10 bits per heavy atom. The normalized spacial score (nSPS) is 10.9. The van der Waals surface area contributed by atoms with Crippen molar-refractivity contribution in [3.8, 4) is 23.6 Å². The third-order valence-electron chi connectivity index (χ3n) is 3.75. The van der Waals surface area contributed by atoms with Crippen molar-refractivity contribution in [1.29, 1.82) is 10.5 Å². The van der Waals surface area contributed by atoms with Gasteiger partial charge in [-0.05, 0) is 18.2 Å². The fourth-order valence-corrected chi connectivity index (χ4v) is 2.69. The maximum Gasteiger partial charge on any atom is 0.437 e. The van der Waals surface area contributed by atoms with Gasteiger partial charge >= 0.3 is 6.18 Å². The smallest absolute Gasteiger partial charge is 0.437 e. The van der Waals surface area contributed by atoms with E-state index in [4.69, 9.17) is 26.9 Å². The Balaban J connectivity index is 2.06. The minimum absolute atomic E-state index is 0.00427. The molecule has 0 spiro atoms. The van der Waals surface area contributed by atoms with Crippen molar-refractivity contribution >= 4 is 11.6 Å². The van der Waals surface area contributed by atoms with Crippen LogP contribution in [0.4, 0.5) is 13.2 Å². The summed E-state index contributed by atoms with van der Waals surface area (Å²) in [5.41, 5.74) is -3.80. The van der Waals surface area contributed by atoms with Crippen LogP contribution in [-0.4, -0.2) is 19.9 Å². The lowest BCUT2D eigenvalue weighted by atomic mass is 10.2. The molecule has 0 saturated heterocycles. The van der Waals surface area contributed by atoms with E-state index in [0.717, 1.165) is 18.3 Å². The van der Waals surface area contributed by atoms with Gasteiger partial charge in [0, 0.05) is 23.2 Å². The quantitative estimate of drug-likeness (QED) is 0.623. The van der Waals surface area contributed by atoms with E-state index in [0.29, 0.717) is 0 Å². The summed E-state index contributed by atoms with van der Waals surface area (Å²) in [6.07, 6.45) is -4.59. The van der Waals surface area contributed by atoms with E-state index >= 15 is 0 Å². The summed E-state index contributed by atoms with van der Waals surface area (Å²) in [5, 5.41) is 17.7. The Morgan fingerprint density at radius 3 is 2.45 bits per heavy atom. The molecule has 0 amide bonds. The Morgan fingerprint density at radius 2 is 1.84 bits per heavy atom. The van der Waals surface area contributed by atoms with Crippen molar-refractivity contribution < 1.29 is 17.9 Å². The number of ether oxygens (including phenoxy) is 1. The summed E-state index contributed by atoms with van der Waals surface area (Å²) < 4.78 is 45.8. The summed E-state index contributed by atoms with van der Waals surface area (Å²) in [7, 11) is 0. The predicted octanol–water partition coefficient (Wildman–Crippen LogP) is 2.65. The monoisotopic (exact) mass is 448 g/mol. The molecule has 2 heterocycles. The molecule has 0 unspecified atom stereocenters. The van der Waals surface area contributed by atoms with E-state index in [1.807, 2.05) is 0 Å². The molecule has 2 aromatic heterocycles. The molecule has 9 nitrogen and oxygen atoms in total. The second kappa shape index (κ2) is 8.30. The average molecular weight is 449 g/mol. The molecule has 156 valence electrons. The van der Waals surface area contributed by atoms with Gasteiger partial charge in [0.15, 0.2) is 5.69 Å². The van der Waals surface area contributed by atoms with Crippen LogP contribution in [0.15, 0.2) is 34.0 Å². The number of nitrogens with zero attached hydrogens (tertiary/aromatic N) is 4. The number of benzene rings is 1. The maximum atomic E-state index is 13.6. The molecule has 0 aliphatic rings. The predicted molar refractivity (Wildman–Crippen MR) is 98.5 cm³/mol. The molecule has 0 aliphatic heterocycles. The zero-order valence-electron chi connectivity index (χ0n) is 15.0. The highest BCUT2D eigenvalue weighted by molar-refractivity contribution is 6.30. The van der Waals surface area contributed by atoms with Crippen LogP contribution in [0.3, 0.4) is 0 Å². The molecule has 3 rings (SSSR count). The first-order chi connectivity index (χ1) is 14.6. The van der Waals surface area contributed by atoms with Crippen molar-refractivity contribution in [2.75, 3.05) is 0 Å². The number of aromatic nitrogens is 4. The fraction of sp³-hybridized carbons (Fsp3) is 0.111. The lowest BCUT2D eigenvalue weighted by Gasteiger charge is -2.13. The number of nitriles is 2. The molecular weight excluding hydrogens is 441 g/mol. The molecule has 0 atom stereocenters. The molecule has 0 bridgehead atoms. The summed E-state index contributed by atoms with van der Waals surface area (Å²) in [4.78, 5) is 35.6. The van der Waals surface area contributed by atoms with Crippen LogP contribution in [0, 0.1) is 22.7 Å². The topological polar surface area (TPSA) is 148 Å². The van der Waals surface area contributed by atoms with Crippen LogP contribution >= 0.6 is 11.6 Å². The highest BCUT2D eigenvalue weighted by Gasteiger charge is 2.39. The van der Waals surface area contributed by atoms with Crippen molar-refractivity contribution in [2.45, 2.75) is 12.6 Å². The van der Waals surface area contributed by atoms with E-state index in [-0.39, 0.29) is 27.7 Å². The van der Waals surface area contributed by atoms with Gasteiger partial charge in [0.1, 0.15) is 17.6 Å². The summed E-state index contributed by atoms with van der Waals surface area (Å²) in [6.45, 7) is 0. The second-order valence-electron chi connectivity index (χ2n) is 5.95. The molecule has 3 aromatic rings. The van der Waals surface area contributed by atoms with Crippen LogP contribution < -0.4 is 15.9 Å².